The molecule has 1 aromatic heterocycles. The van der Waals surface area contributed by atoms with E-state index in [1.165, 1.54) is 6.20 Å². The lowest BCUT2D eigenvalue weighted by Crippen LogP contribution is -2.14. The topological polar surface area (TPSA) is 68.9 Å². The molecule has 1 aromatic rings. The Morgan fingerprint density at radius 1 is 1.73 bits per heavy atom. The van der Waals surface area contributed by atoms with Crippen molar-refractivity contribution >= 4 is 5.91 Å². The average molecular weight is 153 g/mol. The third-order valence-electron chi connectivity index (χ3n) is 1.30. The van der Waals surface area contributed by atoms with Crippen LogP contribution in [0.2, 0.25) is 0 Å². The van der Waals surface area contributed by atoms with E-state index in [1.807, 2.05) is 6.92 Å². The summed E-state index contributed by atoms with van der Waals surface area (Å²) in [6, 6.07) is 0. The van der Waals surface area contributed by atoms with Gasteiger partial charge < -0.3 is 5.73 Å². The third-order valence-corrected chi connectivity index (χ3v) is 1.30. The molecule has 1 rings (SSSR count). The maximum atomic E-state index is 10.6. The number of aromatic nitrogens is 2. The molecule has 0 saturated carbocycles. The van der Waals surface area contributed by atoms with Gasteiger partial charge in [-0.25, -0.2) is 4.98 Å². The fourth-order valence-electron chi connectivity index (χ4n) is 0.695. The van der Waals surface area contributed by atoms with E-state index >= 15 is 0 Å². The van der Waals surface area contributed by atoms with Gasteiger partial charge in [0.1, 0.15) is 5.69 Å². The third kappa shape index (κ3) is 1.73. The Morgan fingerprint density at radius 3 is 3.00 bits per heavy atom. The number of hydrogen-bond acceptors (Lipinski definition) is 3. The Hall–Kier alpha value is -1.45. The molecule has 0 radical (unpaired) electrons. The van der Waals surface area contributed by atoms with Gasteiger partial charge in [-0.3, -0.25) is 9.78 Å². The Labute approximate surface area is 66.0 Å². The minimum absolute atomic E-state index is 0. The minimum Gasteiger partial charge on any atom is -0.364 e. The van der Waals surface area contributed by atoms with Crippen molar-refractivity contribution in [3.8, 4) is 0 Å². The van der Waals surface area contributed by atoms with Crippen LogP contribution in [0, 0.1) is 0 Å². The summed E-state index contributed by atoms with van der Waals surface area (Å²) in [5.74, 6) is -0.534. The summed E-state index contributed by atoms with van der Waals surface area (Å²) in [5, 5.41) is 0. The Balaban J connectivity index is 0.00000121. The molecule has 4 nitrogen and oxygen atoms in total. The van der Waals surface area contributed by atoms with Crippen molar-refractivity contribution < 1.29 is 6.22 Å². The van der Waals surface area contributed by atoms with Gasteiger partial charge in [-0.15, -0.1) is 0 Å². The number of rotatable bonds is 2. The van der Waals surface area contributed by atoms with Crippen LogP contribution in [0.25, 0.3) is 0 Å². The molecule has 11 heavy (non-hydrogen) atoms. The molecule has 2 N–H and O–H groups in total. The van der Waals surface area contributed by atoms with Crippen molar-refractivity contribution in [3.63, 3.8) is 0 Å². The molecule has 0 atom stereocenters. The summed E-state index contributed by atoms with van der Waals surface area (Å²) < 4.78 is 0. The number of nitrogens with zero attached hydrogens (tertiary/aromatic N) is 2. The second-order valence-corrected chi connectivity index (χ2v) is 2.11. The van der Waals surface area contributed by atoms with Gasteiger partial charge in [0, 0.05) is 7.62 Å². The zero-order valence-electron chi connectivity index (χ0n) is 6.24. The van der Waals surface area contributed by atoms with Crippen LogP contribution in [0.4, 0.5) is 0 Å². The predicted octanol–water partition coefficient (Wildman–Crippen LogP) is 0.384. The van der Waals surface area contributed by atoms with Crippen LogP contribution < -0.4 is 5.73 Å². The lowest BCUT2D eigenvalue weighted by molar-refractivity contribution is 0.0995. The van der Waals surface area contributed by atoms with Gasteiger partial charge in [0.2, 0.25) is 0 Å². The molecule has 0 unspecified atom stereocenters. The maximum Gasteiger partial charge on any atom is 0.268 e. The minimum atomic E-state index is -0.534. The van der Waals surface area contributed by atoms with Crippen LogP contribution in [-0.4, -0.2) is 15.9 Å². The van der Waals surface area contributed by atoms with Crippen molar-refractivity contribution in [2.24, 2.45) is 5.73 Å². The number of hydrogen-bond donors (Lipinski definition) is 1. The number of carbonyl (C=O) groups is 1. The van der Waals surface area contributed by atoms with E-state index in [9.17, 15) is 4.79 Å². The lowest BCUT2D eigenvalue weighted by atomic mass is 10.3. The molecule has 0 aliphatic heterocycles. The van der Waals surface area contributed by atoms with E-state index < -0.39 is 5.91 Å². The largest absolute Gasteiger partial charge is 0.364 e. The quantitative estimate of drug-likeness (QED) is 0.668. The number of carbonyl (C=O) groups excluding carboxylic acids is 1. The highest BCUT2D eigenvalue weighted by atomic mass is 16.1. The zero-order valence-corrected chi connectivity index (χ0v) is 6.24. The molecule has 0 aliphatic rings. The first-order valence-electron chi connectivity index (χ1n) is 3.34. The van der Waals surface area contributed by atoms with E-state index in [0.29, 0.717) is 0 Å². The second-order valence-electron chi connectivity index (χ2n) is 2.11. The molecular weight excluding hydrogens is 142 g/mol. The van der Waals surface area contributed by atoms with E-state index in [2.05, 4.69) is 9.97 Å². The monoisotopic (exact) mass is 153 g/mol. The van der Waals surface area contributed by atoms with Gasteiger partial charge in [0.05, 0.1) is 11.9 Å². The van der Waals surface area contributed by atoms with Crippen LogP contribution >= 0.6 is 0 Å². The summed E-state index contributed by atoms with van der Waals surface area (Å²) >= 11 is 0. The fraction of sp³-hybridized carbons (Fsp3) is 0.286. The summed E-state index contributed by atoms with van der Waals surface area (Å²) in [6.45, 7) is 1.94. The zero-order chi connectivity index (χ0) is 8.27. The van der Waals surface area contributed by atoms with Gasteiger partial charge in [0.15, 0.2) is 0 Å². The molecule has 0 aliphatic carbocycles. The molecule has 0 fully saturated rings. The number of amides is 1. The first kappa shape index (κ1) is 7.65. The maximum absolute atomic E-state index is 10.6. The highest BCUT2D eigenvalue weighted by Gasteiger charge is 2.01. The smallest absolute Gasteiger partial charge is 0.268 e. The van der Waals surface area contributed by atoms with Crippen LogP contribution in [0.3, 0.4) is 0 Å². The summed E-state index contributed by atoms with van der Waals surface area (Å²) in [5.41, 5.74) is 6.00. The highest BCUT2D eigenvalue weighted by Crippen LogP contribution is 1.95. The number of nitrogens with two attached hydrogens (primary N) is 1. The van der Waals surface area contributed by atoms with Crippen molar-refractivity contribution in [1.29, 1.82) is 0 Å². The SMILES string of the molecule is CCc1cncc(C(N)=O)n1.[HH]. The predicted molar refractivity (Wildman–Crippen MR) is 42.0 cm³/mol. The normalized spacial score (nSPS) is 9.55. The van der Waals surface area contributed by atoms with E-state index in [-0.39, 0.29) is 7.12 Å². The molecule has 4 heteroatoms. The van der Waals surface area contributed by atoms with Crippen LogP contribution in [0.1, 0.15) is 24.5 Å². The van der Waals surface area contributed by atoms with E-state index in [1.54, 1.807) is 6.20 Å². The molecule has 0 aromatic carbocycles. The standard InChI is InChI=1S/C7H9N3O.H2/c1-2-5-3-9-4-6(10-5)7(8)11;/h3-4H,2H2,1H3,(H2,8,11);1H. The van der Waals surface area contributed by atoms with Crippen molar-refractivity contribution in [1.82, 2.24) is 9.97 Å². The molecule has 0 spiro atoms. The van der Waals surface area contributed by atoms with Crippen molar-refractivity contribution in [2.75, 3.05) is 0 Å². The summed E-state index contributed by atoms with van der Waals surface area (Å²) in [6.07, 6.45) is 3.74. The van der Waals surface area contributed by atoms with Crippen LogP contribution in [-0.2, 0) is 6.42 Å². The molecule has 0 saturated heterocycles. The fourth-order valence-corrected chi connectivity index (χ4v) is 0.695. The number of aryl methyl sites for hydroxylation is 1. The first-order chi connectivity index (χ1) is 5.24. The summed E-state index contributed by atoms with van der Waals surface area (Å²) in [4.78, 5) is 18.4. The van der Waals surface area contributed by atoms with Gasteiger partial charge in [-0.05, 0) is 6.42 Å². The van der Waals surface area contributed by atoms with E-state index in [4.69, 9.17) is 5.73 Å². The molecule has 0 bridgehead atoms. The Kier molecular flexibility index (Phi) is 2.15. The van der Waals surface area contributed by atoms with Crippen LogP contribution in [0.5, 0.6) is 0 Å². The first-order valence-corrected chi connectivity index (χ1v) is 3.34. The Bertz CT molecular complexity index is 277. The Morgan fingerprint density at radius 2 is 2.45 bits per heavy atom. The molecule has 1 heterocycles. The van der Waals surface area contributed by atoms with E-state index in [0.717, 1.165) is 12.1 Å². The molecule has 60 valence electrons. The summed E-state index contributed by atoms with van der Waals surface area (Å²) in [7, 11) is 0. The second kappa shape index (κ2) is 3.09. The lowest BCUT2D eigenvalue weighted by Gasteiger charge is -1.96. The highest BCUT2D eigenvalue weighted by molar-refractivity contribution is 5.90. The van der Waals surface area contributed by atoms with Gasteiger partial charge in [0.25, 0.3) is 5.91 Å². The van der Waals surface area contributed by atoms with Crippen molar-refractivity contribution in [3.05, 3.63) is 23.8 Å². The number of primary amides is 1. The average Bonchev–Trinajstić information content (AvgIpc) is 2.05. The van der Waals surface area contributed by atoms with Gasteiger partial charge in [-0.1, -0.05) is 6.92 Å². The molecular formula is C7H11N3O. The van der Waals surface area contributed by atoms with Crippen LogP contribution in [0.15, 0.2) is 12.4 Å². The van der Waals surface area contributed by atoms with Crippen molar-refractivity contribution in [2.45, 2.75) is 13.3 Å². The van der Waals surface area contributed by atoms with Gasteiger partial charge >= 0.3 is 0 Å². The van der Waals surface area contributed by atoms with Gasteiger partial charge in [-0.2, -0.15) is 0 Å². The molecule has 1 amide bonds.